The number of nitrogens with zero attached hydrogens (tertiary/aromatic N) is 4. The maximum Gasteiger partial charge on any atom is 0.192 e. The van der Waals surface area contributed by atoms with Crippen molar-refractivity contribution in [3.05, 3.63) is 40.4 Å². The molecule has 2 saturated heterocycles. The summed E-state index contributed by atoms with van der Waals surface area (Å²) in [6.07, 6.45) is 4.79. The number of aromatic hydroxyl groups is 1. The molecule has 4 atom stereocenters. The van der Waals surface area contributed by atoms with E-state index < -0.39 is 6.17 Å². The molecule has 32 heavy (non-hydrogen) atoms. The average molecular weight is 439 g/mol. The number of benzene rings is 1. The molecule has 5 rings (SSSR count). The number of phenols is 1. The van der Waals surface area contributed by atoms with E-state index in [4.69, 9.17) is 4.42 Å². The molecular formula is C23H26FN5O3. The van der Waals surface area contributed by atoms with Gasteiger partial charge < -0.3 is 19.7 Å². The Labute approximate surface area is 184 Å². The second kappa shape index (κ2) is 8.12. The molecule has 8 nitrogen and oxygen atoms in total. The van der Waals surface area contributed by atoms with E-state index in [0.29, 0.717) is 41.4 Å². The van der Waals surface area contributed by atoms with Crippen LogP contribution < -0.4 is 15.6 Å². The quantitative estimate of drug-likeness (QED) is 0.639. The number of nitrogens with one attached hydrogen (secondary N) is 1. The zero-order valence-electron chi connectivity index (χ0n) is 18.1. The predicted octanol–water partition coefficient (Wildman–Crippen LogP) is 2.97. The van der Waals surface area contributed by atoms with Gasteiger partial charge in [0, 0.05) is 37.7 Å². The van der Waals surface area contributed by atoms with Gasteiger partial charge in [-0.1, -0.05) is 13.3 Å². The SMILES string of the molecule is CCc1cc(=O)c2cc(-c3ncc(N(C)[C@@H]4CC5CCCC(N5)[C@@H]4F)nn3)c(O)cc2o1. The van der Waals surface area contributed by atoms with E-state index in [-0.39, 0.29) is 34.6 Å². The molecule has 1 aromatic carbocycles. The van der Waals surface area contributed by atoms with Crippen molar-refractivity contribution in [2.24, 2.45) is 0 Å². The van der Waals surface area contributed by atoms with E-state index in [0.717, 1.165) is 19.3 Å². The van der Waals surface area contributed by atoms with Gasteiger partial charge in [0.25, 0.3) is 0 Å². The molecule has 2 N–H and O–H groups in total. The topological polar surface area (TPSA) is 104 Å². The molecule has 2 bridgehead atoms. The van der Waals surface area contributed by atoms with Crippen LogP contribution in [0.4, 0.5) is 10.2 Å². The lowest BCUT2D eigenvalue weighted by molar-refractivity contribution is 0.107. The number of hydrogen-bond donors (Lipinski definition) is 2. The second-order valence-electron chi connectivity index (χ2n) is 8.70. The number of piperidine rings is 2. The summed E-state index contributed by atoms with van der Waals surface area (Å²) in [6, 6.07) is 4.27. The number of anilines is 1. The summed E-state index contributed by atoms with van der Waals surface area (Å²) in [5, 5.41) is 22.6. The Morgan fingerprint density at radius 3 is 2.88 bits per heavy atom. The molecule has 0 saturated carbocycles. The van der Waals surface area contributed by atoms with Gasteiger partial charge in [0.2, 0.25) is 0 Å². The Bertz CT molecular complexity index is 1200. The van der Waals surface area contributed by atoms with Crippen LogP contribution in [0.15, 0.2) is 33.6 Å². The molecule has 2 aliphatic rings. The van der Waals surface area contributed by atoms with Crippen LogP contribution in [0.25, 0.3) is 22.4 Å². The van der Waals surface area contributed by atoms with Gasteiger partial charge in [-0.2, -0.15) is 0 Å². The van der Waals surface area contributed by atoms with Gasteiger partial charge in [-0.05, 0) is 25.3 Å². The highest BCUT2D eigenvalue weighted by molar-refractivity contribution is 5.85. The van der Waals surface area contributed by atoms with Crippen LogP contribution >= 0.6 is 0 Å². The van der Waals surface area contributed by atoms with Crippen molar-refractivity contribution in [3.63, 3.8) is 0 Å². The fourth-order valence-electron chi connectivity index (χ4n) is 4.87. The van der Waals surface area contributed by atoms with Crippen molar-refractivity contribution in [2.75, 3.05) is 11.9 Å². The molecular weight excluding hydrogens is 413 g/mol. The summed E-state index contributed by atoms with van der Waals surface area (Å²) in [5.41, 5.74) is 0.403. The molecule has 0 amide bonds. The van der Waals surface area contributed by atoms with Crippen molar-refractivity contribution in [2.45, 2.75) is 63.3 Å². The first kappa shape index (κ1) is 20.8. The molecule has 0 aliphatic carbocycles. The number of hydrogen-bond acceptors (Lipinski definition) is 8. The van der Waals surface area contributed by atoms with Crippen molar-refractivity contribution in [3.8, 4) is 17.1 Å². The molecule has 2 unspecified atom stereocenters. The minimum Gasteiger partial charge on any atom is -0.507 e. The van der Waals surface area contributed by atoms with Crippen LogP contribution in [-0.4, -0.2) is 51.6 Å². The van der Waals surface area contributed by atoms with Crippen molar-refractivity contribution in [1.82, 2.24) is 20.5 Å². The second-order valence-corrected chi connectivity index (χ2v) is 8.70. The molecule has 2 fully saturated rings. The number of fused-ring (bicyclic) bond motifs is 3. The van der Waals surface area contributed by atoms with E-state index in [1.54, 1.807) is 0 Å². The Morgan fingerprint density at radius 2 is 2.12 bits per heavy atom. The van der Waals surface area contributed by atoms with E-state index >= 15 is 4.39 Å². The van der Waals surface area contributed by atoms with Gasteiger partial charge in [-0.3, -0.25) is 4.79 Å². The number of rotatable bonds is 4. The van der Waals surface area contributed by atoms with Gasteiger partial charge in [0.1, 0.15) is 23.3 Å². The van der Waals surface area contributed by atoms with Crippen molar-refractivity contribution >= 4 is 16.8 Å². The van der Waals surface area contributed by atoms with Crippen LogP contribution in [0.1, 0.15) is 38.4 Å². The third kappa shape index (κ3) is 3.60. The lowest BCUT2D eigenvalue weighted by Crippen LogP contribution is -2.61. The molecule has 2 aliphatic heterocycles. The number of aryl methyl sites for hydroxylation is 1. The largest absolute Gasteiger partial charge is 0.507 e. The predicted molar refractivity (Wildman–Crippen MR) is 119 cm³/mol. The fraction of sp³-hybridized carbons (Fsp3) is 0.478. The number of aromatic nitrogens is 3. The van der Waals surface area contributed by atoms with E-state index in [1.807, 2.05) is 18.9 Å². The summed E-state index contributed by atoms with van der Waals surface area (Å²) < 4.78 is 20.7. The van der Waals surface area contributed by atoms with Crippen LogP contribution in [-0.2, 0) is 6.42 Å². The molecule has 3 aromatic rings. The summed E-state index contributed by atoms with van der Waals surface area (Å²) in [4.78, 5) is 18.6. The molecule has 168 valence electrons. The Hall–Kier alpha value is -3.07. The zero-order valence-corrected chi connectivity index (χ0v) is 18.1. The first-order valence-corrected chi connectivity index (χ1v) is 11.1. The molecule has 4 heterocycles. The van der Waals surface area contributed by atoms with Crippen molar-refractivity contribution < 1.29 is 13.9 Å². The number of halogens is 1. The normalized spacial score (nSPS) is 25.1. The maximum atomic E-state index is 15.0. The third-order valence-corrected chi connectivity index (χ3v) is 6.69. The smallest absolute Gasteiger partial charge is 0.192 e. The van der Waals surface area contributed by atoms with Gasteiger partial charge in [-0.15, -0.1) is 10.2 Å². The Morgan fingerprint density at radius 1 is 1.28 bits per heavy atom. The number of phenolic OH excluding ortho intramolecular Hbond substituents is 1. The Kier molecular flexibility index (Phi) is 5.28. The monoisotopic (exact) mass is 439 g/mol. The van der Waals surface area contributed by atoms with E-state index in [2.05, 4.69) is 20.5 Å². The highest BCUT2D eigenvalue weighted by Crippen LogP contribution is 2.33. The average Bonchev–Trinajstić information content (AvgIpc) is 2.81. The summed E-state index contributed by atoms with van der Waals surface area (Å²) >= 11 is 0. The van der Waals surface area contributed by atoms with Crippen LogP contribution in [0, 0.1) is 0 Å². The molecule has 9 heteroatoms. The summed E-state index contributed by atoms with van der Waals surface area (Å²) in [5.74, 6) is 1.09. The maximum absolute atomic E-state index is 15.0. The van der Waals surface area contributed by atoms with Crippen LogP contribution in [0.3, 0.4) is 0 Å². The third-order valence-electron chi connectivity index (χ3n) is 6.69. The van der Waals surface area contributed by atoms with Crippen molar-refractivity contribution in [1.29, 1.82) is 0 Å². The molecule has 0 radical (unpaired) electrons. The highest BCUT2D eigenvalue weighted by Gasteiger charge is 2.42. The highest BCUT2D eigenvalue weighted by atomic mass is 19.1. The summed E-state index contributed by atoms with van der Waals surface area (Å²) in [7, 11) is 1.81. The van der Waals surface area contributed by atoms with Crippen LogP contribution in [0.2, 0.25) is 0 Å². The minimum absolute atomic E-state index is 0.105. The standard InChI is InChI=1S/C23H26FN5O3/c1-3-13-8-18(30)14-9-15(19(31)10-20(14)32-13)23-25-11-21(27-28-23)29(2)17-7-12-5-4-6-16(26-12)22(17)24/h8-12,16-17,22,26,31H,3-7H2,1-2H3/t12?,16?,17-,22+/m1/s1. The molecule has 2 aromatic heterocycles. The lowest BCUT2D eigenvalue weighted by Gasteiger charge is -2.45. The fourth-order valence-corrected chi connectivity index (χ4v) is 4.87. The first-order valence-electron chi connectivity index (χ1n) is 11.1. The summed E-state index contributed by atoms with van der Waals surface area (Å²) in [6.45, 7) is 1.89. The Balaban J connectivity index is 1.43. The lowest BCUT2D eigenvalue weighted by atomic mass is 9.82. The van der Waals surface area contributed by atoms with Gasteiger partial charge >= 0.3 is 0 Å². The van der Waals surface area contributed by atoms with Gasteiger partial charge in [0.05, 0.1) is 23.2 Å². The minimum atomic E-state index is -0.991. The zero-order chi connectivity index (χ0) is 22.4. The van der Waals surface area contributed by atoms with E-state index in [1.165, 1.54) is 24.4 Å². The van der Waals surface area contributed by atoms with E-state index in [9.17, 15) is 9.90 Å². The first-order chi connectivity index (χ1) is 15.4. The van der Waals surface area contributed by atoms with Gasteiger partial charge in [0.15, 0.2) is 17.1 Å². The molecule has 0 spiro atoms. The number of alkyl halides is 1. The van der Waals surface area contributed by atoms with Crippen LogP contribution in [0.5, 0.6) is 5.75 Å². The van der Waals surface area contributed by atoms with Gasteiger partial charge in [-0.25, -0.2) is 9.37 Å².